The molecule has 0 unspecified atom stereocenters. The van der Waals surface area contributed by atoms with Crippen LogP contribution in [-0.4, -0.2) is 41.3 Å². The Morgan fingerprint density at radius 2 is 1.78 bits per heavy atom. The molecule has 0 fully saturated rings. The fourth-order valence-electron chi connectivity index (χ4n) is 2.27. The maximum absolute atomic E-state index is 12.4. The molecule has 1 atom stereocenters. The molecule has 0 aliphatic rings. The average molecular weight is 391 g/mol. The van der Waals surface area contributed by atoms with E-state index >= 15 is 0 Å². The van der Waals surface area contributed by atoms with E-state index in [2.05, 4.69) is 10.6 Å². The van der Waals surface area contributed by atoms with Crippen LogP contribution in [0.1, 0.15) is 6.92 Å². The molecule has 2 amide bonds. The van der Waals surface area contributed by atoms with Crippen LogP contribution in [0, 0.1) is 10.1 Å². The normalized spacial score (nSPS) is 11.7. The van der Waals surface area contributed by atoms with Gasteiger partial charge in [-0.15, -0.1) is 0 Å². The third-order valence-corrected chi connectivity index (χ3v) is 4.17. The highest BCUT2D eigenvalue weighted by molar-refractivity contribution is 6.30. The highest BCUT2D eigenvalue weighted by Gasteiger charge is 2.23. The minimum atomic E-state index is -0.680. The number of hydrogen-bond donors (Lipinski definition) is 2. The molecule has 2 N–H and O–H groups in total. The third kappa shape index (κ3) is 5.77. The molecule has 0 aliphatic carbocycles. The van der Waals surface area contributed by atoms with Crippen LogP contribution in [0.5, 0.6) is 0 Å². The van der Waals surface area contributed by atoms with Gasteiger partial charge in [0.2, 0.25) is 11.8 Å². The van der Waals surface area contributed by atoms with Gasteiger partial charge in [0.25, 0.3) is 5.69 Å². The highest BCUT2D eigenvalue weighted by Crippen LogP contribution is 2.23. The summed E-state index contributed by atoms with van der Waals surface area (Å²) in [7, 11) is 1.62. The Morgan fingerprint density at radius 3 is 2.41 bits per heavy atom. The fraction of sp³-hybridized carbons (Fsp3) is 0.222. The van der Waals surface area contributed by atoms with Crippen LogP contribution < -0.4 is 10.6 Å². The summed E-state index contributed by atoms with van der Waals surface area (Å²) in [6, 6.07) is 11.9. The van der Waals surface area contributed by atoms with Crippen LogP contribution in [0.25, 0.3) is 0 Å². The van der Waals surface area contributed by atoms with E-state index in [1.165, 1.54) is 23.1 Å². The lowest BCUT2D eigenvalue weighted by Gasteiger charge is -2.23. The van der Waals surface area contributed by atoms with E-state index in [0.717, 1.165) is 0 Å². The summed E-state index contributed by atoms with van der Waals surface area (Å²) in [5.41, 5.74) is 0.509. The lowest BCUT2D eigenvalue weighted by atomic mass is 10.2. The number of nitro groups is 1. The summed E-state index contributed by atoms with van der Waals surface area (Å²) in [4.78, 5) is 36.5. The minimum absolute atomic E-state index is 0.0336. The van der Waals surface area contributed by atoms with Gasteiger partial charge >= 0.3 is 0 Å². The number of amides is 2. The van der Waals surface area contributed by atoms with E-state index in [9.17, 15) is 19.7 Å². The van der Waals surface area contributed by atoms with Crippen molar-refractivity contribution in [1.29, 1.82) is 0 Å². The number of nitrogens with zero attached hydrogens (tertiary/aromatic N) is 2. The number of benzene rings is 2. The smallest absolute Gasteiger partial charge is 0.292 e. The van der Waals surface area contributed by atoms with Gasteiger partial charge in [-0.05, 0) is 44.3 Å². The second kappa shape index (κ2) is 9.11. The van der Waals surface area contributed by atoms with Gasteiger partial charge in [0.1, 0.15) is 5.69 Å². The van der Waals surface area contributed by atoms with Gasteiger partial charge in [-0.2, -0.15) is 0 Å². The molecule has 0 spiro atoms. The van der Waals surface area contributed by atoms with Crippen molar-refractivity contribution in [2.24, 2.45) is 0 Å². The Kier molecular flexibility index (Phi) is 6.86. The van der Waals surface area contributed by atoms with Gasteiger partial charge in [0, 0.05) is 16.8 Å². The van der Waals surface area contributed by atoms with E-state index in [4.69, 9.17) is 11.6 Å². The van der Waals surface area contributed by atoms with Gasteiger partial charge in [-0.1, -0.05) is 23.7 Å². The second-order valence-electron chi connectivity index (χ2n) is 5.91. The predicted molar refractivity (Wildman–Crippen MR) is 104 cm³/mol. The first-order valence-corrected chi connectivity index (χ1v) is 8.45. The molecule has 0 radical (unpaired) electrons. The van der Waals surface area contributed by atoms with E-state index in [1.54, 1.807) is 44.3 Å². The van der Waals surface area contributed by atoms with Gasteiger partial charge < -0.3 is 10.6 Å². The molecule has 27 heavy (non-hydrogen) atoms. The number of carbonyl (C=O) groups excluding carboxylic acids is 2. The molecule has 0 saturated heterocycles. The summed E-state index contributed by atoms with van der Waals surface area (Å²) >= 11 is 5.80. The number of nitrogens with one attached hydrogen (secondary N) is 2. The summed E-state index contributed by atoms with van der Waals surface area (Å²) in [6.07, 6.45) is 0. The van der Waals surface area contributed by atoms with E-state index in [-0.39, 0.29) is 23.8 Å². The van der Waals surface area contributed by atoms with Crippen molar-refractivity contribution >= 4 is 40.5 Å². The van der Waals surface area contributed by atoms with Crippen molar-refractivity contribution in [2.75, 3.05) is 24.2 Å². The Hall–Kier alpha value is -2.97. The number of likely N-dealkylation sites (N-methyl/N-ethyl adjacent to an activating group) is 1. The molecule has 9 heteroatoms. The van der Waals surface area contributed by atoms with Crippen molar-refractivity contribution in [1.82, 2.24) is 4.90 Å². The Balaban J connectivity index is 1.94. The van der Waals surface area contributed by atoms with Gasteiger partial charge in [0.05, 0.1) is 17.5 Å². The maximum atomic E-state index is 12.4. The molecule has 0 aromatic heterocycles. The fourth-order valence-corrected chi connectivity index (χ4v) is 2.40. The molecule has 0 aliphatic heterocycles. The molecule has 0 heterocycles. The molecule has 2 aromatic carbocycles. The van der Waals surface area contributed by atoms with Crippen LogP contribution in [0.2, 0.25) is 5.02 Å². The number of para-hydroxylation sites is 2. The molecule has 0 saturated carbocycles. The Labute approximate surface area is 161 Å². The number of halogens is 1. The molecule has 8 nitrogen and oxygen atoms in total. The van der Waals surface area contributed by atoms with Crippen molar-refractivity contribution < 1.29 is 14.5 Å². The van der Waals surface area contributed by atoms with Crippen LogP contribution in [0.3, 0.4) is 0 Å². The summed E-state index contributed by atoms with van der Waals surface area (Å²) in [5, 5.41) is 16.8. The SMILES string of the molecule is C[C@@H](C(=O)Nc1ccccc1[N+](=O)[O-])N(C)CC(=O)Nc1ccc(Cl)cc1. The Morgan fingerprint density at radius 1 is 1.15 bits per heavy atom. The molecular formula is C18H19ClN4O4. The zero-order valence-electron chi connectivity index (χ0n) is 14.8. The molecule has 0 bridgehead atoms. The van der Waals surface area contributed by atoms with Crippen molar-refractivity contribution in [3.05, 3.63) is 63.7 Å². The van der Waals surface area contributed by atoms with E-state index in [1.807, 2.05) is 0 Å². The molecule has 2 aromatic rings. The zero-order valence-corrected chi connectivity index (χ0v) is 15.6. The first-order valence-electron chi connectivity index (χ1n) is 8.08. The number of nitro benzene ring substituents is 1. The van der Waals surface area contributed by atoms with Gasteiger partial charge in [0.15, 0.2) is 0 Å². The molecule has 142 valence electrons. The van der Waals surface area contributed by atoms with Crippen molar-refractivity contribution in [3.63, 3.8) is 0 Å². The number of carbonyl (C=O) groups is 2. The zero-order chi connectivity index (χ0) is 20.0. The van der Waals surface area contributed by atoms with E-state index in [0.29, 0.717) is 10.7 Å². The van der Waals surface area contributed by atoms with Crippen LogP contribution in [0.15, 0.2) is 48.5 Å². The van der Waals surface area contributed by atoms with Crippen LogP contribution >= 0.6 is 11.6 Å². The first kappa shape index (κ1) is 20.3. The quantitative estimate of drug-likeness (QED) is 0.558. The topological polar surface area (TPSA) is 105 Å². The summed E-state index contributed by atoms with van der Waals surface area (Å²) in [5.74, 6) is -0.753. The average Bonchev–Trinajstić information content (AvgIpc) is 2.63. The lowest BCUT2D eigenvalue weighted by molar-refractivity contribution is -0.383. The standard InChI is InChI=1S/C18H19ClN4O4/c1-12(18(25)21-15-5-3-4-6-16(15)23(26)27)22(2)11-17(24)20-14-9-7-13(19)8-10-14/h3-10,12H,11H2,1-2H3,(H,20,24)(H,21,25)/t12-/m0/s1. The van der Waals surface area contributed by atoms with Crippen LogP contribution in [-0.2, 0) is 9.59 Å². The molecular weight excluding hydrogens is 372 g/mol. The largest absolute Gasteiger partial charge is 0.325 e. The number of rotatable bonds is 7. The molecule has 2 rings (SSSR count). The second-order valence-corrected chi connectivity index (χ2v) is 6.35. The number of anilines is 2. The summed E-state index contributed by atoms with van der Waals surface area (Å²) < 4.78 is 0. The first-order chi connectivity index (χ1) is 12.8. The van der Waals surface area contributed by atoms with Gasteiger partial charge in [-0.25, -0.2) is 0 Å². The summed E-state index contributed by atoms with van der Waals surface area (Å²) in [6.45, 7) is 1.58. The maximum Gasteiger partial charge on any atom is 0.292 e. The monoisotopic (exact) mass is 390 g/mol. The van der Waals surface area contributed by atoms with Crippen molar-refractivity contribution in [2.45, 2.75) is 13.0 Å². The third-order valence-electron chi connectivity index (χ3n) is 3.92. The van der Waals surface area contributed by atoms with Gasteiger partial charge in [-0.3, -0.25) is 24.6 Å². The Bertz CT molecular complexity index is 842. The predicted octanol–water partition coefficient (Wildman–Crippen LogP) is 3.15. The lowest BCUT2D eigenvalue weighted by Crippen LogP contribution is -2.43. The van der Waals surface area contributed by atoms with Crippen LogP contribution in [0.4, 0.5) is 17.1 Å². The van der Waals surface area contributed by atoms with E-state index < -0.39 is 16.9 Å². The highest BCUT2D eigenvalue weighted by atomic mass is 35.5. The minimum Gasteiger partial charge on any atom is -0.325 e. The number of hydrogen-bond acceptors (Lipinski definition) is 5. The van der Waals surface area contributed by atoms with Crippen molar-refractivity contribution in [3.8, 4) is 0 Å².